The van der Waals surface area contributed by atoms with Crippen LogP contribution in [-0.4, -0.2) is 73.4 Å². The lowest BCUT2D eigenvalue weighted by Crippen LogP contribution is -2.52. The second-order valence-corrected chi connectivity index (χ2v) is 12.3. The number of carbonyl (C=O) groups excluding carboxylic acids is 3. The molecule has 10 nitrogen and oxygen atoms in total. The molecule has 6 rings (SSSR count). The lowest BCUT2D eigenvalue weighted by atomic mass is 9.88. The maximum absolute atomic E-state index is 12.9. The van der Waals surface area contributed by atoms with Crippen LogP contribution in [0, 0.1) is 0 Å². The molecule has 0 aromatic heterocycles. The Morgan fingerprint density at radius 3 is 2.00 bits per heavy atom. The molecule has 2 aliphatic rings. The number of phenolic OH excluding ortho intramolecular Hbond substituents is 1. The van der Waals surface area contributed by atoms with Gasteiger partial charge in [-0.1, -0.05) is 61.5 Å². The Kier molecular flexibility index (Phi) is 11.8. The van der Waals surface area contributed by atoms with Crippen LogP contribution in [0.25, 0.3) is 11.1 Å². The smallest absolute Gasteiger partial charge is 0.255 e. The lowest BCUT2D eigenvalue weighted by Gasteiger charge is -2.29. The number of aromatic hydroxyl groups is 1. The zero-order chi connectivity index (χ0) is 35.6. The first kappa shape index (κ1) is 35.4. The number of carbonyl (C=O) groups is 3. The molecule has 0 saturated carbocycles. The Labute approximate surface area is 297 Å². The highest BCUT2D eigenvalue weighted by Crippen LogP contribution is 2.36. The number of benzene rings is 4. The number of nitrogens with one attached hydrogen (secondary N) is 1. The summed E-state index contributed by atoms with van der Waals surface area (Å²) in [6.45, 7) is 4.79. The molecule has 4 aromatic carbocycles. The quantitative estimate of drug-likeness (QED) is 0.0833. The number of ether oxygens (including phenoxy) is 4. The first-order valence-corrected chi connectivity index (χ1v) is 17.3. The summed E-state index contributed by atoms with van der Waals surface area (Å²) in [5.74, 6) is 0.651. The van der Waals surface area contributed by atoms with Gasteiger partial charge < -0.3 is 29.0 Å². The molecular weight excluding hydrogens is 648 g/mol. The number of hydrogen-bond acceptors (Lipinski definition) is 8. The molecule has 0 bridgehead atoms. The summed E-state index contributed by atoms with van der Waals surface area (Å²) >= 11 is 0. The van der Waals surface area contributed by atoms with Crippen molar-refractivity contribution in [1.82, 2.24) is 10.2 Å². The molecule has 2 heterocycles. The molecule has 2 N–H and O–H groups in total. The number of amides is 3. The molecule has 0 spiro atoms. The van der Waals surface area contributed by atoms with Crippen LogP contribution < -0.4 is 14.8 Å². The van der Waals surface area contributed by atoms with Gasteiger partial charge in [-0.25, -0.2) is 0 Å². The van der Waals surface area contributed by atoms with Crippen molar-refractivity contribution in [2.24, 2.45) is 0 Å². The molecule has 0 radical (unpaired) electrons. The molecule has 0 aliphatic carbocycles. The number of piperidine rings is 1. The second-order valence-electron chi connectivity index (χ2n) is 12.3. The summed E-state index contributed by atoms with van der Waals surface area (Å²) in [5.41, 5.74) is 6.93. The minimum atomic E-state index is -0.644. The Morgan fingerprint density at radius 2 is 1.35 bits per heavy atom. The number of allylic oxidation sites excluding steroid dienone is 1. The highest BCUT2D eigenvalue weighted by atomic mass is 16.6. The maximum atomic E-state index is 12.9. The van der Waals surface area contributed by atoms with E-state index in [-0.39, 0.29) is 24.0 Å². The third-order valence-corrected chi connectivity index (χ3v) is 8.94. The van der Waals surface area contributed by atoms with Crippen LogP contribution in [0.3, 0.4) is 0 Å². The van der Waals surface area contributed by atoms with Gasteiger partial charge in [0, 0.05) is 18.5 Å². The summed E-state index contributed by atoms with van der Waals surface area (Å²) in [7, 11) is 0. The van der Waals surface area contributed by atoms with Crippen LogP contribution in [0.2, 0.25) is 0 Å². The van der Waals surface area contributed by atoms with E-state index in [4.69, 9.17) is 18.9 Å². The fourth-order valence-electron chi connectivity index (χ4n) is 6.43. The first-order valence-electron chi connectivity index (χ1n) is 17.3. The molecule has 2 aliphatic heterocycles. The van der Waals surface area contributed by atoms with Gasteiger partial charge in [0.2, 0.25) is 11.8 Å². The predicted molar refractivity (Wildman–Crippen MR) is 192 cm³/mol. The van der Waals surface area contributed by atoms with Gasteiger partial charge in [-0.3, -0.25) is 19.7 Å². The molecule has 1 fully saturated rings. The third kappa shape index (κ3) is 8.83. The lowest BCUT2D eigenvalue weighted by molar-refractivity contribution is -0.136. The van der Waals surface area contributed by atoms with Gasteiger partial charge >= 0.3 is 0 Å². The van der Waals surface area contributed by atoms with Crippen molar-refractivity contribution in [3.05, 3.63) is 125 Å². The number of phenols is 1. The van der Waals surface area contributed by atoms with Crippen molar-refractivity contribution < 1.29 is 38.4 Å². The van der Waals surface area contributed by atoms with E-state index in [2.05, 4.69) is 36.5 Å². The largest absolute Gasteiger partial charge is 0.508 e. The number of rotatable bonds is 16. The molecule has 51 heavy (non-hydrogen) atoms. The van der Waals surface area contributed by atoms with Crippen LogP contribution in [0.15, 0.2) is 97.1 Å². The fourth-order valence-corrected chi connectivity index (χ4v) is 6.43. The van der Waals surface area contributed by atoms with Gasteiger partial charge in [-0.15, -0.1) is 0 Å². The Bertz CT molecular complexity index is 1860. The fraction of sp³-hybridized carbons (Fsp3) is 0.293. The van der Waals surface area contributed by atoms with Crippen molar-refractivity contribution in [2.45, 2.75) is 38.8 Å². The van der Waals surface area contributed by atoms with E-state index in [1.165, 1.54) is 10.5 Å². The van der Waals surface area contributed by atoms with Crippen molar-refractivity contribution in [2.75, 3.05) is 39.6 Å². The van der Waals surface area contributed by atoms with E-state index in [1.807, 2.05) is 48.5 Å². The molecule has 10 heteroatoms. The molecule has 3 amide bonds. The zero-order valence-electron chi connectivity index (χ0n) is 28.6. The third-order valence-electron chi connectivity index (χ3n) is 8.94. The van der Waals surface area contributed by atoms with Crippen LogP contribution >= 0.6 is 0 Å². The second kappa shape index (κ2) is 17.0. The topological polar surface area (TPSA) is 124 Å². The van der Waals surface area contributed by atoms with Gasteiger partial charge in [0.05, 0.1) is 26.4 Å². The predicted octanol–water partition coefficient (Wildman–Crippen LogP) is 6.01. The standard InChI is InChI=1S/C41H42N2O8/c1-2-35(28-6-4-3-5-7-28)39(29-8-12-32(44)13-9-29)30-10-14-33(15-11-30)50-24-22-48-20-21-49-23-25-51-34-16-17-36-31(26-34)27-43(41(36)47)37-18-19-38(45)42-40(37)46/h3-17,26,37,44H,2,18-25,27H2,1H3,(H,42,45,46)/b39-35-. The van der Waals surface area contributed by atoms with Gasteiger partial charge in [0.25, 0.3) is 5.91 Å². The van der Waals surface area contributed by atoms with Crippen molar-refractivity contribution in [1.29, 1.82) is 0 Å². The van der Waals surface area contributed by atoms with Crippen LogP contribution in [0.5, 0.6) is 17.2 Å². The summed E-state index contributed by atoms with van der Waals surface area (Å²) in [5, 5.41) is 12.2. The Hall–Kier alpha value is -5.45. The van der Waals surface area contributed by atoms with Crippen LogP contribution in [-0.2, 0) is 25.6 Å². The van der Waals surface area contributed by atoms with E-state index >= 15 is 0 Å². The SMILES string of the molecule is CC/C(=C(\c1ccc(O)cc1)c1ccc(OCCOCCOCCOc2ccc3c(c2)CN(C2CCC(=O)NC2=O)C3=O)cc1)c1ccccc1. The normalized spacial score (nSPS) is 16.1. The molecule has 264 valence electrons. The molecule has 1 atom stereocenters. The summed E-state index contributed by atoms with van der Waals surface area (Å²) in [6.07, 6.45) is 1.39. The highest BCUT2D eigenvalue weighted by molar-refractivity contribution is 6.05. The zero-order valence-corrected chi connectivity index (χ0v) is 28.6. The summed E-state index contributed by atoms with van der Waals surface area (Å²) in [4.78, 5) is 38.1. The average Bonchev–Trinajstić information content (AvgIpc) is 3.47. The monoisotopic (exact) mass is 690 g/mol. The number of imide groups is 1. The van der Waals surface area contributed by atoms with Gasteiger partial charge in [0.15, 0.2) is 0 Å². The van der Waals surface area contributed by atoms with Crippen molar-refractivity contribution in [3.63, 3.8) is 0 Å². The van der Waals surface area contributed by atoms with Gasteiger partial charge in [-0.2, -0.15) is 0 Å². The van der Waals surface area contributed by atoms with Gasteiger partial charge in [0.1, 0.15) is 36.5 Å². The van der Waals surface area contributed by atoms with Gasteiger partial charge in [-0.05, 0) is 88.7 Å². The summed E-state index contributed by atoms with van der Waals surface area (Å²) < 4.78 is 23.1. The average molecular weight is 691 g/mol. The van der Waals surface area contributed by atoms with E-state index in [0.29, 0.717) is 63.9 Å². The van der Waals surface area contributed by atoms with Crippen molar-refractivity contribution in [3.8, 4) is 17.2 Å². The van der Waals surface area contributed by atoms with Crippen LogP contribution in [0.4, 0.5) is 0 Å². The van der Waals surface area contributed by atoms with Crippen molar-refractivity contribution >= 4 is 28.9 Å². The van der Waals surface area contributed by atoms with E-state index in [0.717, 1.165) is 40.0 Å². The molecule has 1 unspecified atom stereocenters. The molecular formula is C41H42N2O8. The number of hydrogen-bond donors (Lipinski definition) is 2. The number of nitrogens with zero attached hydrogens (tertiary/aromatic N) is 1. The number of fused-ring (bicyclic) bond motifs is 1. The Morgan fingerprint density at radius 1 is 0.745 bits per heavy atom. The minimum absolute atomic E-state index is 0.212. The highest BCUT2D eigenvalue weighted by Gasteiger charge is 2.39. The van der Waals surface area contributed by atoms with E-state index < -0.39 is 11.9 Å². The molecule has 1 saturated heterocycles. The molecule has 4 aromatic rings. The first-order chi connectivity index (χ1) is 24.9. The maximum Gasteiger partial charge on any atom is 0.255 e. The van der Waals surface area contributed by atoms with Crippen LogP contribution in [0.1, 0.15) is 58.8 Å². The minimum Gasteiger partial charge on any atom is -0.508 e. The van der Waals surface area contributed by atoms with E-state index in [9.17, 15) is 19.5 Å². The summed E-state index contributed by atoms with van der Waals surface area (Å²) in [6, 6.07) is 30.3. The van der Waals surface area contributed by atoms with E-state index in [1.54, 1.807) is 24.3 Å². The Balaban J connectivity index is 0.898.